The molecule has 4 aromatic rings. The lowest BCUT2D eigenvalue weighted by Crippen LogP contribution is -2.68. The number of nitrogens with zero attached hydrogens (tertiary/aromatic N) is 4. The molecule has 0 saturated heterocycles. The quantitative estimate of drug-likeness (QED) is 0.381. The van der Waals surface area contributed by atoms with Crippen molar-refractivity contribution in [3.63, 3.8) is 0 Å². The summed E-state index contributed by atoms with van der Waals surface area (Å²) in [6.07, 6.45) is 1.04. The van der Waals surface area contributed by atoms with Crippen LogP contribution < -0.4 is 23.2 Å². The van der Waals surface area contributed by atoms with Crippen LogP contribution in [0.25, 0.3) is 27.9 Å². The van der Waals surface area contributed by atoms with Gasteiger partial charge in [0.1, 0.15) is 5.52 Å². The molecule has 0 N–H and O–H groups in total. The maximum absolute atomic E-state index is 8.49. The summed E-state index contributed by atoms with van der Waals surface area (Å²) in [5.74, 6) is 1.23. The molecule has 2 aromatic carbocycles. The molecule has 0 radical (unpaired) electrons. The zero-order valence-corrected chi connectivity index (χ0v) is 17.9. The third kappa shape index (κ3) is 4.30. The minimum atomic E-state index is -4.94. The summed E-state index contributed by atoms with van der Waals surface area (Å²) in [7, 11) is -4.94. The maximum Gasteiger partial charge on any atom is 0.323 e. The van der Waals surface area contributed by atoms with Gasteiger partial charge < -0.3 is 0 Å². The number of aryl methyl sites for hydroxylation is 2. The second kappa shape index (κ2) is 8.33. The van der Waals surface area contributed by atoms with Crippen molar-refractivity contribution < 1.29 is 33.4 Å². The summed E-state index contributed by atoms with van der Waals surface area (Å²) in [5.41, 5.74) is 7.88. The molecule has 3 heterocycles. The number of allylic oxidation sites excluding steroid dienone is 1. The van der Waals surface area contributed by atoms with Gasteiger partial charge in [0.25, 0.3) is 5.65 Å². The Labute approximate surface area is 181 Å². The van der Waals surface area contributed by atoms with Gasteiger partial charge in [0.2, 0.25) is 5.82 Å². The molecule has 1 aliphatic rings. The molecule has 0 atom stereocenters. The highest BCUT2D eigenvalue weighted by Gasteiger charge is 2.32. The normalized spacial score (nSPS) is 13.9. The minimum absolute atomic E-state index is 0.871. The van der Waals surface area contributed by atoms with Crippen LogP contribution >= 0.6 is 0 Å². The zero-order valence-electron chi connectivity index (χ0n) is 17.1. The monoisotopic (exact) mass is 440 g/mol. The van der Waals surface area contributed by atoms with Crippen LogP contribution in [0.3, 0.4) is 0 Å². The first kappa shape index (κ1) is 21.4. The van der Waals surface area contributed by atoms with E-state index >= 15 is 0 Å². The van der Waals surface area contributed by atoms with Crippen LogP contribution in [0.15, 0.2) is 60.2 Å². The van der Waals surface area contributed by atoms with Gasteiger partial charge in [0.15, 0.2) is 5.52 Å². The molecule has 0 aliphatic carbocycles. The summed E-state index contributed by atoms with van der Waals surface area (Å²) in [4.78, 5) is 9.93. The van der Waals surface area contributed by atoms with E-state index in [1.807, 2.05) is 24.3 Å². The number of halogens is 1. The molecule has 1 aliphatic heterocycles. The Balaban J connectivity index is 0.000000418. The van der Waals surface area contributed by atoms with Gasteiger partial charge in [-0.05, 0) is 31.5 Å². The van der Waals surface area contributed by atoms with E-state index in [4.69, 9.17) is 28.6 Å². The second-order valence-electron chi connectivity index (χ2n) is 7.23. The molecule has 0 unspecified atom stereocenters. The van der Waals surface area contributed by atoms with E-state index in [1.165, 1.54) is 22.5 Å². The third-order valence-electron chi connectivity index (χ3n) is 5.30. The summed E-state index contributed by atoms with van der Waals surface area (Å²) < 4.78 is 38.6. The van der Waals surface area contributed by atoms with Crippen LogP contribution in [0, 0.1) is 10.2 Å². The molecule has 0 saturated carbocycles. The number of para-hydroxylation sites is 2. The summed E-state index contributed by atoms with van der Waals surface area (Å²) in [5, 5.41) is 0. The van der Waals surface area contributed by atoms with E-state index in [1.54, 1.807) is 0 Å². The van der Waals surface area contributed by atoms with Crippen molar-refractivity contribution in [2.24, 2.45) is 0 Å². The summed E-state index contributed by atoms with van der Waals surface area (Å²) in [6.45, 7) is 6.26. The highest BCUT2D eigenvalue weighted by atomic mass is 35.7. The molecule has 160 valence electrons. The van der Waals surface area contributed by atoms with Gasteiger partial charge in [-0.1, -0.05) is 53.0 Å². The molecular formula is C22H21ClN4O4. The first-order valence-corrected chi connectivity index (χ1v) is 11.1. The van der Waals surface area contributed by atoms with Gasteiger partial charge in [-0.25, -0.2) is 32.8 Å². The molecule has 2 aromatic heterocycles. The predicted octanol–water partition coefficient (Wildman–Crippen LogP) is -0.639. The van der Waals surface area contributed by atoms with Crippen LogP contribution in [0.1, 0.15) is 31.7 Å². The topological polar surface area (TPSA) is 127 Å². The Morgan fingerprint density at radius 2 is 1.52 bits per heavy atom. The Hall–Kier alpha value is -2.88. The van der Waals surface area contributed by atoms with Crippen LogP contribution in [-0.4, -0.2) is 14.5 Å². The number of imidazole rings is 1. The highest BCUT2D eigenvalue weighted by molar-refractivity contribution is 5.85. The van der Waals surface area contributed by atoms with E-state index in [0.29, 0.717) is 0 Å². The molecule has 0 bridgehead atoms. The summed E-state index contributed by atoms with van der Waals surface area (Å²) in [6, 6.07) is 18.8. The van der Waals surface area contributed by atoms with E-state index in [2.05, 4.69) is 53.3 Å². The van der Waals surface area contributed by atoms with E-state index in [0.717, 1.165) is 41.8 Å². The molecule has 0 spiro atoms. The highest BCUT2D eigenvalue weighted by Crippen LogP contribution is 2.32. The van der Waals surface area contributed by atoms with Gasteiger partial charge >= 0.3 is 5.65 Å². The first-order valence-electron chi connectivity index (χ1n) is 9.84. The van der Waals surface area contributed by atoms with Crippen molar-refractivity contribution in [2.75, 3.05) is 0 Å². The fourth-order valence-electron chi connectivity index (χ4n) is 4.05. The van der Waals surface area contributed by atoms with Crippen molar-refractivity contribution in [1.29, 1.82) is 0 Å². The molecule has 8 nitrogen and oxygen atoms in total. The van der Waals surface area contributed by atoms with Gasteiger partial charge in [-0.15, -0.1) is 10.2 Å². The molecule has 0 amide bonds. The van der Waals surface area contributed by atoms with Crippen LogP contribution in [0.2, 0.25) is 0 Å². The average molecular weight is 441 g/mol. The Bertz CT molecular complexity index is 1240. The van der Waals surface area contributed by atoms with Gasteiger partial charge in [0, 0.05) is 6.42 Å². The van der Waals surface area contributed by atoms with E-state index in [-0.39, 0.29) is 0 Å². The van der Waals surface area contributed by atoms with Crippen molar-refractivity contribution in [3.05, 3.63) is 71.6 Å². The fraction of sp³-hybridized carbons (Fsp3) is 0.227. The van der Waals surface area contributed by atoms with Crippen molar-refractivity contribution >= 4 is 27.9 Å². The number of benzene rings is 2. The van der Waals surface area contributed by atoms with Gasteiger partial charge in [0.05, 0.1) is 18.7 Å². The smallest absolute Gasteiger partial charge is 0.237 e. The van der Waals surface area contributed by atoms with E-state index < -0.39 is 10.2 Å². The fourth-order valence-corrected chi connectivity index (χ4v) is 4.05. The zero-order chi connectivity index (χ0) is 22.2. The number of fused-ring (bicyclic) bond motifs is 4. The Kier molecular flexibility index (Phi) is 5.74. The molecule has 31 heavy (non-hydrogen) atoms. The van der Waals surface area contributed by atoms with Gasteiger partial charge in [-0.2, -0.15) is 0 Å². The van der Waals surface area contributed by atoms with Crippen molar-refractivity contribution in [3.8, 4) is 0 Å². The largest absolute Gasteiger partial charge is 0.323 e. The lowest BCUT2D eigenvalue weighted by molar-refractivity contribution is -2.00. The predicted molar refractivity (Wildman–Crippen MR) is 104 cm³/mol. The SMILES string of the molecule is CCn1c2[n+](c3nc4ccccc4nc31)CCC(C)=C2c1ccccc1.[O-][Cl+3]([O-])([O-])[O-]. The molecule has 9 heteroatoms. The lowest BCUT2D eigenvalue weighted by atomic mass is 9.95. The minimum Gasteiger partial charge on any atom is -0.237 e. The number of hydrogen-bond donors (Lipinski definition) is 0. The lowest BCUT2D eigenvalue weighted by Gasteiger charge is -2.18. The average Bonchev–Trinajstić information content (AvgIpc) is 3.03. The van der Waals surface area contributed by atoms with Crippen LogP contribution in [0.4, 0.5) is 0 Å². The third-order valence-corrected chi connectivity index (χ3v) is 5.30. The number of aromatic nitrogens is 4. The standard InChI is InChI=1S/C22H21N4.ClHO4/c1-3-25-20-21(24-18-12-8-7-11-17(18)23-20)26-14-13-15(2)19(22(25)26)16-9-5-4-6-10-16;2-1(3,4)5/h4-12H,3,13-14H2,1-2H3;(H,2,3,4,5)/q+1;/p-1. The number of hydrogen-bond acceptors (Lipinski definition) is 6. The van der Waals surface area contributed by atoms with E-state index in [9.17, 15) is 0 Å². The first-order chi connectivity index (χ1) is 14.8. The van der Waals surface area contributed by atoms with Gasteiger partial charge in [-0.3, -0.25) is 0 Å². The molecule has 5 rings (SSSR count). The molecule has 0 fully saturated rings. The molecular weight excluding hydrogens is 420 g/mol. The van der Waals surface area contributed by atoms with Crippen molar-refractivity contribution in [2.45, 2.75) is 33.4 Å². The van der Waals surface area contributed by atoms with Crippen molar-refractivity contribution in [1.82, 2.24) is 14.5 Å². The van der Waals surface area contributed by atoms with Crippen LogP contribution in [0.5, 0.6) is 0 Å². The maximum atomic E-state index is 8.49. The van der Waals surface area contributed by atoms with Crippen LogP contribution in [-0.2, 0) is 13.1 Å². The second-order valence-corrected chi connectivity index (χ2v) is 7.98. The Morgan fingerprint density at radius 1 is 0.935 bits per heavy atom. The summed E-state index contributed by atoms with van der Waals surface area (Å²) >= 11 is 0. The Morgan fingerprint density at radius 3 is 2.13 bits per heavy atom. The number of rotatable bonds is 2.